The SMILES string of the molecule is CCNC(=NCc1ccc(OC)c(C(=O)OC)c1)NCCCn1c(C)nc2ccccc21.I. The standard InChI is InChI=1S/C24H31N5O3.HI/c1-5-25-24(27-16-18-11-12-22(31-3)19(15-18)23(30)32-4)26-13-8-14-29-17(2)28-20-9-6-7-10-21(20)29;/h6-7,9-12,15H,5,8,13-14,16H2,1-4H3,(H2,25,26,27);1H. The Balaban J connectivity index is 0.00000385. The van der Waals surface area contributed by atoms with E-state index < -0.39 is 5.97 Å². The van der Waals surface area contributed by atoms with Gasteiger partial charge in [-0.2, -0.15) is 0 Å². The molecule has 0 amide bonds. The number of rotatable bonds is 9. The molecule has 0 bridgehead atoms. The second-order valence-corrected chi connectivity index (χ2v) is 7.30. The predicted octanol–water partition coefficient (Wildman–Crippen LogP) is 3.90. The number of fused-ring (bicyclic) bond motifs is 1. The average Bonchev–Trinajstić information content (AvgIpc) is 3.14. The van der Waals surface area contributed by atoms with E-state index in [1.807, 2.05) is 38.1 Å². The van der Waals surface area contributed by atoms with E-state index in [4.69, 9.17) is 9.47 Å². The van der Waals surface area contributed by atoms with Gasteiger partial charge in [-0.05, 0) is 50.1 Å². The number of guanidine groups is 1. The topological polar surface area (TPSA) is 89.8 Å². The third-order valence-electron chi connectivity index (χ3n) is 5.13. The highest BCUT2D eigenvalue weighted by atomic mass is 127. The second-order valence-electron chi connectivity index (χ2n) is 7.30. The van der Waals surface area contributed by atoms with Crippen LogP contribution in [-0.2, 0) is 17.8 Å². The number of carbonyl (C=O) groups excluding carboxylic acids is 1. The van der Waals surface area contributed by atoms with Crippen molar-refractivity contribution in [2.45, 2.75) is 33.4 Å². The van der Waals surface area contributed by atoms with Crippen molar-refractivity contribution in [3.63, 3.8) is 0 Å². The predicted molar refractivity (Wildman–Crippen MR) is 142 cm³/mol. The van der Waals surface area contributed by atoms with E-state index in [-0.39, 0.29) is 24.0 Å². The van der Waals surface area contributed by atoms with Crippen LogP contribution in [0, 0.1) is 6.92 Å². The average molecular weight is 565 g/mol. The van der Waals surface area contributed by atoms with Gasteiger partial charge in [-0.25, -0.2) is 14.8 Å². The number of aryl methyl sites for hydroxylation is 2. The molecule has 2 aromatic carbocycles. The van der Waals surface area contributed by atoms with Crippen LogP contribution in [0.15, 0.2) is 47.5 Å². The summed E-state index contributed by atoms with van der Waals surface area (Å²) in [6, 6.07) is 13.6. The molecular formula is C24H32IN5O3. The van der Waals surface area contributed by atoms with E-state index in [0.29, 0.717) is 17.9 Å². The maximum atomic E-state index is 12.0. The molecule has 0 aliphatic heterocycles. The van der Waals surface area contributed by atoms with Crippen LogP contribution in [0.1, 0.15) is 35.1 Å². The number of imidazole rings is 1. The van der Waals surface area contributed by atoms with Gasteiger partial charge in [0.15, 0.2) is 5.96 Å². The molecular weight excluding hydrogens is 533 g/mol. The molecule has 9 heteroatoms. The lowest BCUT2D eigenvalue weighted by Crippen LogP contribution is -2.38. The number of nitrogens with zero attached hydrogens (tertiary/aromatic N) is 3. The zero-order valence-electron chi connectivity index (χ0n) is 19.6. The normalized spacial score (nSPS) is 11.1. The van der Waals surface area contributed by atoms with Crippen molar-refractivity contribution in [2.75, 3.05) is 27.3 Å². The van der Waals surface area contributed by atoms with Gasteiger partial charge in [0.25, 0.3) is 0 Å². The van der Waals surface area contributed by atoms with Gasteiger partial charge in [-0.1, -0.05) is 18.2 Å². The Morgan fingerprint density at radius 3 is 2.67 bits per heavy atom. The number of para-hydroxylation sites is 2. The van der Waals surface area contributed by atoms with Gasteiger partial charge < -0.3 is 24.7 Å². The monoisotopic (exact) mass is 565 g/mol. The van der Waals surface area contributed by atoms with Gasteiger partial charge in [-0.3, -0.25) is 0 Å². The number of halogens is 1. The molecule has 3 aromatic rings. The smallest absolute Gasteiger partial charge is 0.341 e. The molecule has 3 rings (SSSR count). The molecule has 33 heavy (non-hydrogen) atoms. The molecule has 1 aromatic heterocycles. The minimum absolute atomic E-state index is 0. The summed E-state index contributed by atoms with van der Waals surface area (Å²) < 4.78 is 12.3. The summed E-state index contributed by atoms with van der Waals surface area (Å²) in [4.78, 5) is 21.3. The summed E-state index contributed by atoms with van der Waals surface area (Å²) in [5.74, 6) is 1.81. The molecule has 2 N–H and O–H groups in total. The zero-order chi connectivity index (χ0) is 22.9. The number of ether oxygens (including phenoxy) is 2. The first-order valence-electron chi connectivity index (χ1n) is 10.8. The highest BCUT2D eigenvalue weighted by molar-refractivity contribution is 14.0. The molecule has 0 aliphatic carbocycles. The van der Waals surface area contributed by atoms with Gasteiger partial charge in [0.05, 0.1) is 31.8 Å². The van der Waals surface area contributed by atoms with Crippen molar-refractivity contribution in [2.24, 2.45) is 4.99 Å². The first kappa shape index (κ1) is 26.4. The fourth-order valence-electron chi connectivity index (χ4n) is 3.56. The first-order valence-corrected chi connectivity index (χ1v) is 10.8. The number of benzene rings is 2. The van der Waals surface area contributed by atoms with Crippen molar-refractivity contribution < 1.29 is 14.3 Å². The molecule has 0 fully saturated rings. The zero-order valence-corrected chi connectivity index (χ0v) is 21.9. The van der Waals surface area contributed by atoms with Crippen molar-refractivity contribution >= 4 is 46.9 Å². The van der Waals surface area contributed by atoms with E-state index in [9.17, 15) is 4.79 Å². The Morgan fingerprint density at radius 2 is 1.94 bits per heavy atom. The minimum atomic E-state index is -0.431. The third kappa shape index (κ3) is 6.83. The lowest BCUT2D eigenvalue weighted by molar-refractivity contribution is 0.0597. The van der Waals surface area contributed by atoms with Crippen molar-refractivity contribution in [1.29, 1.82) is 0 Å². The summed E-state index contributed by atoms with van der Waals surface area (Å²) >= 11 is 0. The maximum absolute atomic E-state index is 12.0. The fourth-order valence-corrected chi connectivity index (χ4v) is 3.56. The number of aromatic nitrogens is 2. The van der Waals surface area contributed by atoms with Crippen LogP contribution in [0.5, 0.6) is 5.75 Å². The molecule has 0 radical (unpaired) electrons. The molecule has 0 atom stereocenters. The van der Waals surface area contributed by atoms with Crippen molar-refractivity contribution in [1.82, 2.24) is 20.2 Å². The van der Waals surface area contributed by atoms with Crippen molar-refractivity contribution in [3.05, 3.63) is 59.4 Å². The summed E-state index contributed by atoms with van der Waals surface area (Å²) in [5, 5.41) is 6.64. The third-order valence-corrected chi connectivity index (χ3v) is 5.13. The van der Waals surface area contributed by atoms with Gasteiger partial charge >= 0.3 is 5.97 Å². The molecule has 178 valence electrons. The van der Waals surface area contributed by atoms with Gasteiger partial charge in [-0.15, -0.1) is 24.0 Å². The molecule has 1 heterocycles. The summed E-state index contributed by atoms with van der Waals surface area (Å²) in [6.07, 6.45) is 0.931. The number of carbonyl (C=O) groups is 1. The number of methoxy groups -OCH3 is 2. The molecule has 8 nitrogen and oxygen atoms in total. The number of hydrogen-bond acceptors (Lipinski definition) is 5. The van der Waals surface area contributed by atoms with E-state index in [1.54, 1.807) is 12.1 Å². The number of esters is 1. The summed E-state index contributed by atoms with van der Waals surface area (Å²) in [6.45, 7) is 6.90. The van der Waals surface area contributed by atoms with E-state index in [1.165, 1.54) is 14.2 Å². The number of nitrogens with one attached hydrogen (secondary N) is 2. The Bertz CT molecular complexity index is 1100. The van der Waals surface area contributed by atoms with Crippen LogP contribution in [0.25, 0.3) is 11.0 Å². The number of aliphatic imine (C=N–C) groups is 1. The quantitative estimate of drug-likeness (QED) is 0.135. The van der Waals surface area contributed by atoms with Crippen LogP contribution < -0.4 is 15.4 Å². The maximum Gasteiger partial charge on any atom is 0.341 e. The number of hydrogen-bond donors (Lipinski definition) is 2. The van der Waals surface area contributed by atoms with Crippen LogP contribution in [0.4, 0.5) is 0 Å². The molecule has 0 saturated heterocycles. The van der Waals surface area contributed by atoms with Crippen LogP contribution in [-0.4, -0.2) is 48.8 Å². The second kappa shape index (κ2) is 13.0. The molecule has 0 spiro atoms. The molecule has 0 aliphatic rings. The Hall–Kier alpha value is -2.82. The van der Waals surface area contributed by atoms with E-state index >= 15 is 0 Å². The lowest BCUT2D eigenvalue weighted by atomic mass is 10.1. The Labute approximate surface area is 211 Å². The highest BCUT2D eigenvalue weighted by Gasteiger charge is 2.13. The van der Waals surface area contributed by atoms with E-state index in [0.717, 1.165) is 54.4 Å². The van der Waals surface area contributed by atoms with Crippen LogP contribution in [0.2, 0.25) is 0 Å². The summed E-state index contributed by atoms with van der Waals surface area (Å²) in [7, 11) is 2.88. The lowest BCUT2D eigenvalue weighted by Gasteiger charge is -2.13. The molecule has 0 unspecified atom stereocenters. The van der Waals surface area contributed by atoms with Crippen LogP contribution >= 0.6 is 24.0 Å². The highest BCUT2D eigenvalue weighted by Crippen LogP contribution is 2.21. The largest absolute Gasteiger partial charge is 0.496 e. The molecule has 0 saturated carbocycles. The summed E-state index contributed by atoms with van der Waals surface area (Å²) in [5.41, 5.74) is 3.47. The fraction of sp³-hybridized carbons (Fsp3) is 0.375. The van der Waals surface area contributed by atoms with Gasteiger partial charge in [0, 0.05) is 19.6 Å². The van der Waals surface area contributed by atoms with Gasteiger partial charge in [0.2, 0.25) is 0 Å². The van der Waals surface area contributed by atoms with Crippen molar-refractivity contribution in [3.8, 4) is 5.75 Å². The van der Waals surface area contributed by atoms with Gasteiger partial charge in [0.1, 0.15) is 17.1 Å². The van der Waals surface area contributed by atoms with Crippen LogP contribution in [0.3, 0.4) is 0 Å². The Morgan fingerprint density at radius 1 is 1.15 bits per heavy atom. The minimum Gasteiger partial charge on any atom is -0.496 e. The Kier molecular flexibility index (Phi) is 10.4. The van der Waals surface area contributed by atoms with E-state index in [2.05, 4.69) is 31.2 Å². The first-order chi connectivity index (χ1) is 15.6.